The molecule has 16 heavy (non-hydrogen) atoms. The summed E-state index contributed by atoms with van der Waals surface area (Å²) in [5.41, 5.74) is 0.548. The zero-order chi connectivity index (χ0) is 12.0. The average molecular weight is 225 g/mol. The minimum atomic E-state index is -0.562. The number of nitrogens with one attached hydrogen (secondary N) is 2. The second kappa shape index (κ2) is 6.05. The molecule has 4 nitrogen and oxygen atoms in total. The van der Waals surface area contributed by atoms with Crippen LogP contribution in [-0.2, 0) is 4.79 Å². The highest BCUT2D eigenvalue weighted by molar-refractivity contribution is 5.80. The van der Waals surface area contributed by atoms with Crippen LogP contribution in [0.3, 0.4) is 0 Å². The van der Waals surface area contributed by atoms with Gasteiger partial charge >= 0.3 is 0 Å². The van der Waals surface area contributed by atoms with Crippen LogP contribution in [0.2, 0.25) is 0 Å². The van der Waals surface area contributed by atoms with E-state index >= 15 is 0 Å². The van der Waals surface area contributed by atoms with E-state index in [1.807, 2.05) is 13.8 Å². The first-order valence-electron chi connectivity index (χ1n) is 5.20. The van der Waals surface area contributed by atoms with Crippen LogP contribution in [0.4, 0.5) is 10.1 Å². The number of anilines is 1. The molecule has 5 heteroatoms. The first-order chi connectivity index (χ1) is 7.58. The summed E-state index contributed by atoms with van der Waals surface area (Å²) in [6.07, 6.45) is 1.35. The minimum Gasteiger partial charge on any atom is -0.376 e. The van der Waals surface area contributed by atoms with Crippen LogP contribution in [0.5, 0.6) is 0 Å². The fourth-order valence-corrected chi connectivity index (χ4v) is 1.08. The highest BCUT2D eigenvalue weighted by atomic mass is 19.1. The molecule has 0 spiro atoms. The van der Waals surface area contributed by atoms with Crippen LogP contribution in [-0.4, -0.2) is 24.0 Å². The lowest BCUT2D eigenvalue weighted by Gasteiger charge is -2.09. The Morgan fingerprint density at radius 3 is 2.94 bits per heavy atom. The summed E-state index contributed by atoms with van der Waals surface area (Å²) in [5.74, 6) is -0.249. The lowest BCUT2D eigenvalue weighted by atomic mass is 10.2. The largest absolute Gasteiger partial charge is 0.376 e. The second-order valence-electron chi connectivity index (χ2n) is 3.92. The molecule has 0 aliphatic rings. The van der Waals surface area contributed by atoms with Crippen molar-refractivity contribution in [2.24, 2.45) is 5.92 Å². The fraction of sp³-hybridized carbons (Fsp3) is 0.455. The standard InChI is InChI=1S/C11H16FN3O/c1-8(2)6-15-11(16)7-14-9-3-4-13-10(12)5-9/h3-5,8H,6-7H2,1-2H3,(H,13,14)(H,15,16). The van der Waals surface area contributed by atoms with Crippen LogP contribution < -0.4 is 10.6 Å². The lowest BCUT2D eigenvalue weighted by Crippen LogP contribution is -2.32. The van der Waals surface area contributed by atoms with Gasteiger partial charge in [-0.25, -0.2) is 4.98 Å². The number of pyridine rings is 1. The molecule has 1 heterocycles. The van der Waals surface area contributed by atoms with Crippen LogP contribution in [0, 0.1) is 11.9 Å². The first kappa shape index (κ1) is 12.4. The van der Waals surface area contributed by atoms with Gasteiger partial charge in [-0.2, -0.15) is 4.39 Å². The monoisotopic (exact) mass is 225 g/mol. The van der Waals surface area contributed by atoms with Gasteiger partial charge in [0, 0.05) is 24.5 Å². The van der Waals surface area contributed by atoms with Gasteiger partial charge in [-0.1, -0.05) is 13.8 Å². The summed E-state index contributed by atoms with van der Waals surface area (Å²) in [5, 5.41) is 5.57. The van der Waals surface area contributed by atoms with Crippen molar-refractivity contribution in [2.75, 3.05) is 18.4 Å². The molecule has 1 aromatic rings. The van der Waals surface area contributed by atoms with Crippen LogP contribution >= 0.6 is 0 Å². The summed E-state index contributed by atoms with van der Waals surface area (Å²) in [4.78, 5) is 14.7. The molecule has 2 N–H and O–H groups in total. The predicted octanol–water partition coefficient (Wildman–Crippen LogP) is 1.40. The number of halogens is 1. The number of hydrogen-bond acceptors (Lipinski definition) is 3. The fourth-order valence-electron chi connectivity index (χ4n) is 1.08. The van der Waals surface area contributed by atoms with Gasteiger partial charge in [-0.3, -0.25) is 4.79 Å². The van der Waals surface area contributed by atoms with Gasteiger partial charge in [0.25, 0.3) is 0 Å². The van der Waals surface area contributed by atoms with Crippen molar-refractivity contribution in [1.82, 2.24) is 10.3 Å². The Balaban J connectivity index is 2.31. The van der Waals surface area contributed by atoms with Crippen LogP contribution in [0.1, 0.15) is 13.8 Å². The Morgan fingerprint density at radius 1 is 1.56 bits per heavy atom. The quantitative estimate of drug-likeness (QED) is 0.745. The van der Waals surface area contributed by atoms with E-state index in [-0.39, 0.29) is 12.5 Å². The van der Waals surface area contributed by atoms with E-state index in [4.69, 9.17) is 0 Å². The summed E-state index contributed by atoms with van der Waals surface area (Å²) in [6.45, 7) is 4.82. The Labute approximate surface area is 94.3 Å². The Bertz CT molecular complexity index is 355. The van der Waals surface area contributed by atoms with Gasteiger partial charge in [0.1, 0.15) is 0 Å². The van der Waals surface area contributed by atoms with Crippen molar-refractivity contribution in [3.63, 3.8) is 0 Å². The van der Waals surface area contributed by atoms with Crippen molar-refractivity contribution in [1.29, 1.82) is 0 Å². The highest BCUT2D eigenvalue weighted by Crippen LogP contribution is 2.05. The summed E-state index contributed by atoms with van der Waals surface area (Å²) in [6, 6.07) is 2.86. The molecule has 88 valence electrons. The molecule has 1 aromatic heterocycles. The Morgan fingerprint density at radius 2 is 2.31 bits per heavy atom. The van der Waals surface area contributed by atoms with Gasteiger partial charge in [0.15, 0.2) is 0 Å². The van der Waals surface area contributed by atoms with E-state index in [0.29, 0.717) is 18.2 Å². The minimum absolute atomic E-state index is 0.106. The van der Waals surface area contributed by atoms with E-state index < -0.39 is 5.95 Å². The molecule has 0 radical (unpaired) electrons. The number of nitrogens with zero attached hydrogens (tertiary/aromatic N) is 1. The molecule has 0 unspecified atom stereocenters. The molecule has 0 fully saturated rings. The maximum absolute atomic E-state index is 12.7. The van der Waals surface area contributed by atoms with Crippen LogP contribution in [0.25, 0.3) is 0 Å². The number of carbonyl (C=O) groups excluding carboxylic acids is 1. The van der Waals surface area contributed by atoms with Gasteiger partial charge < -0.3 is 10.6 Å². The summed E-state index contributed by atoms with van der Waals surface area (Å²) >= 11 is 0. The number of amides is 1. The zero-order valence-corrected chi connectivity index (χ0v) is 9.46. The molecule has 0 saturated heterocycles. The van der Waals surface area contributed by atoms with Gasteiger partial charge in [0.2, 0.25) is 11.9 Å². The van der Waals surface area contributed by atoms with Crippen molar-refractivity contribution < 1.29 is 9.18 Å². The van der Waals surface area contributed by atoms with Gasteiger partial charge in [-0.05, 0) is 12.0 Å². The predicted molar refractivity (Wildman–Crippen MR) is 60.5 cm³/mol. The van der Waals surface area contributed by atoms with E-state index in [1.165, 1.54) is 12.3 Å². The number of carbonyl (C=O) groups is 1. The second-order valence-corrected chi connectivity index (χ2v) is 3.92. The third-order valence-corrected chi connectivity index (χ3v) is 1.89. The first-order valence-corrected chi connectivity index (χ1v) is 5.20. The SMILES string of the molecule is CC(C)CNC(=O)CNc1ccnc(F)c1. The molecule has 0 aromatic carbocycles. The zero-order valence-electron chi connectivity index (χ0n) is 9.46. The molecule has 0 bridgehead atoms. The van der Waals surface area contributed by atoms with Crippen molar-refractivity contribution in [2.45, 2.75) is 13.8 Å². The van der Waals surface area contributed by atoms with E-state index in [2.05, 4.69) is 15.6 Å². The number of hydrogen-bond donors (Lipinski definition) is 2. The maximum atomic E-state index is 12.7. The third kappa shape index (κ3) is 4.72. The molecule has 0 atom stereocenters. The molecule has 1 amide bonds. The molecular formula is C11H16FN3O. The molecule has 0 aliphatic heterocycles. The topological polar surface area (TPSA) is 54.0 Å². The smallest absolute Gasteiger partial charge is 0.239 e. The van der Waals surface area contributed by atoms with E-state index in [9.17, 15) is 9.18 Å². The number of aromatic nitrogens is 1. The average Bonchev–Trinajstić information content (AvgIpc) is 2.23. The Hall–Kier alpha value is -1.65. The molecule has 0 aliphatic carbocycles. The number of rotatable bonds is 5. The molecular weight excluding hydrogens is 209 g/mol. The van der Waals surface area contributed by atoms with Crippen molar-refractivity contribution in [3.05, 3.63) is 24.3 Å². The van der Waals surface area contributed by atoms with Crippen LogP contribution in [0.15, 0.2) is 18.3 Å². The third-order valence-electron chi connectivity index (χ3n) is 1.89. The molecule has 0 saturated carbocycles. The van der Waals surface area contributed by atoms with E-state index in [1.54, 1.807) is 6.07 Å². The normalized spacial score (nSPS) is 10.2. The van der Waals surface area contributed by atoms with Crippen molar-refractivity contribution in [3.8, 4) is 0 Å². The van der Waals surface area contributed by atoms with Gasteiger partial charge in [0.05, 0.1) is 6.54 Å². The highest BCUT2D eigenvalue weighted by Gasteiger charge is 2.02. The summed E-state index contributed by atoms with van der Waals surface area (Å²) in [7, 11) is 0. The Kier molecular flexibility index (Phi) is 4.69. The summed E-state index contributed by atoms with van der Waals surface area (Å²) < 4.78 is 12.7. The van der Waals surface area contributed by atoms with Crippen molar-refractivity contribution >= 4 is 11.6 Å². The van der Waals surface area contributed by atoms with E-state index in [0.717, 1.165) is 0 Å². The lowest BCUT2D eigenvalue weighted by molar-refractivity contribution is -0.119. The van der Waals surface area contributed by atoms with Gasteiger partial charge in [-0.15, -0.1) is 0 Å². The maximum Gasteiger partial charge on any atom is 0.239 e. The molecule has 1 rings (SSSR count).